The fourth-order valence-corrected chi connectivity index (χ4v) is 3.35. The van der Waals surface area contributed by atoms with Gasteiger partial charge in [-0.15, -0.1) is 0 Å². The molecule has 0 spiro atoms. The summed E-state index contributed by atoms with van der Waals surface area (Å²) >= 11 is 0. The van der Waals surface area contributed by atoms with Gasteiger partial charge >= 0.3 is 0 Å². The van der Waals surface area contributed by atoms with Crippen molar-refractivity contribution < 1.29 is 4.42 Å². The third-order valence-electron chi connectivity index (χ3n) is 4.57. The third kappa shape index (κ3) is 2.04. The molecule has 0 N–H and O–H groups in total. The Morgan fingerprint density at radius 2 is 1.29 bits per heavy atom. The Balaban J connectivity index is 1.73. The van der Waals surface area contributed by atoms with Crippen LogP contribution in [0, 0.1) is 0 Å². The summed E-state index contributed by atoms with van der Waals surface area (Å²) in [4.78, 5) is 0. The molecule has 1 aromatic heterocycles. The van der Waals surface area contributed by atoms with Crippen molar-refractivity contribution in [2.45, 2.75) is 0 Å². The molecule has 2 heteroatoms. The van der Waals surface area contributed by atoms with E-state index in [9.17, 15) is 0 Å². The summed E-state index contributed by atoms with van der Waals surface area (Å²) in [5, 5.41) is 4.66. The van der Waals surface area contributed by atoms with Gasteiger partial charge in [0, 0.05) is 10.8 Å². The van der Waals surface area contributed by atoms with Crippen LogP contribution in [0.3, 0.4) is 0 Å². The molecule has 24 heavy (non-hydrogen) atoms. The zero-order chi connectivity index (χ0) is 16.1. The van der Waals surface area contributed by atoms with Gasteiger partial charge in [0.15, 0.2) is 0 Å². The maximum absolute atomic E-state index is 5.91. The summed E-state index contributed by atoms with van der Waals surface area (Å²) in [5.41, 5.74) is 5.03. The zero-order valence-electron chi connectivity index (χ0n) is 13.0. The minimum Gasteiger partial charge on any atom is -0.456 e. The SMILES string of the molecule is [B]c1ccc2cc(-c3ccc4oc5ccccc5c4c3)ccc2c1. The van der Waals surface area contributed by atoms with Crippen LogP contribution in [0.2, 0.25) is 0 Å². The minimum atomic E-state index is 0.793. The molecule has 0 bridgehead atoms. The fourth-order valence-electron chi connectivity index (χ4n) is 3.35. The normalized spacial score (nSPS) is 11.5. The van der Waals surface area contributed by atoms with Gasteiger partial charge in [-0.3, -0.25) is 0 Å². The van der Waals surface area contributed by atoms with E-state index in [1.807, 2.05) is 30.3 Å². The molecule has 5 rings (SSSR count). The van der Waals surface area contributed by atoms with E-state index in [0.29, 0.717) is 0 Å². The van der Waals surface area contributed by atoms with Crippen LogP contribution in [-0.4, -0.2) is 7.85 Å². The van der Waals surface area contributed by atoms with Crippen molar-refractivity contribution in [3.63, 3.8) is 0 Å². The number of benzene rings is 4. The van der Waals surface area contributed by atoms with Gasteiger partial charge in [0.05, 0.1) is 0 Å². The number of hydrogen-bond donors (Lipinski definition) is 0. The van der Waals surface area contributed by atoms with Crippen molar-refractivity contribution in [1.29, 1.82) is 0 Å². The van der Waals surface area contributed by atoms with E-state index >= 15 is 0 Å². The summed E-state index contributed by atoms with van der Waals surface area (Å²) in [5.74, 6) is 0. The molecule has 0 aliphatic rings. The van der Waals surface area contributed by atoms with Crippen LogP contribution in [0.25, 0.3) is 43.8 Å². The van der Waals surface area contributed by atoms with Gasteiger partial charge < -0.3 is 4.42 Å². The van der Waals surface area contributed by atoms with Crippen LogP contribution in [0.15, 0.2) is 83.3 Å². The lowest BCUT2D eigenvalue weighted by atomic mass is 9.92. The van der Waals surface area contributed by atoms with Crippen LogP contribution < -0.4 is 5.46 Å². The standard InChI is InChI=1S/C22H13BO/c23-18-9-7-15-11-14(5-6-16(15)12-18)17-8-10-22-20(13-17)19-3-1-2-4-21(19)24-22/h1-13H. The molecule has 0 atom stereocenters. The topological polar surface area (TPSA) is 13.1 Å². The Morgan fingerprint density at radius 1 is 0.583 bits per heavy atom. The maximum atomic E-state index is 5.91. The highest BCUT2D eigenvalue weighted by atomic mass is 16.3. The molecule has 0 unspecified atom stereocenters. The van der Waals surface area contributed by atoms with Gasteiger partial charge in [-0.25, -0.2) is 0 Å². The predicted octanol–water partition coefficient (Wildman–Crippen LogP) is 5.20. The molecule has 110 valence electrons. The smallest absolute Gasteiger partial charge is 0.135 e. The van der Waals surface area contributed by atoms with Gasteiger partial charge in [-0.05, 0) is 46.2 Å². The molecule has 0 aliphatic carbocycles. The largest absolute Gasteiger partial charge is 0.456 e. The molecule has 2 radical (unpaired) electrons. The van der Waals surface area contributed by atoms with Gasteiger partial charge in [-0.2, -0.15) is 0 Å². The second kappa shape index (κ2) is 5.00. The molecule has 0 amide bonds. The molecule has 1 nitrogen and oxygen atoms in total. The minimum absolute atomic E-state index is 0.793. The number of furan rings is 1. The molecule has 0 aliphatic heterocycles. The summed E-state index contributed by atoms with van der Waals surface area (Å²) in [6.07, 6.45) is 0. The van der Waals surface area contributed by atoms with Crippen LogP contribution in [0.1, 0.15) is 0 Å². The van der Waals surface area contributed by atoms with Gasteiger partial charge in [-0.1, -0.05) is 60.1 Å². The Morgan fingerprint density at radius 3 is 2.25 bits per heavy atom. The van der Waals surface area contributed by atoms with Crippen molar-refractivity contribution in [3.05, 3.63) is 78.9 Å². The van der Waals surface area contributed by atoms with E-state index < -0.39 is 0 Å². The van der Waals surface area contributed by atoms with E-state index in [4.69, 9.17) is 12.3 Å². The third-order valence-corrected chi connectivity index (χ3v) is 4.57. The molecule has 1 heterocycles. The van der Waals surface area contributed by atoms with E-state index in [0.717, 1.165) is 32.8 Å². The number of hydrogen-bond acceptors (Lipinski definition) is 1. The lowest BCUT2D eigenvalue weighted by Crippen LogP contribution is -1.99. The van der Waals surface area contributed by atoms with Crippen molar-refractivity contribution in [2.24, 2.45) is 0 Å². The van der Waals surface area contributed by atoms with Crippen molar-refractivity contribution >= 4 is 46.0 Å². The summed E-state index contributed by atoms with van der Waals surface area (Å²) < 4.78 is 5.91. The summed E-state index contributed by atoms with van der Waals surface area (Å²) in [7, 11) is 5.87. The summed E-state index contributed by atoms with van der Waals surface area (Å²) in [6.45, 7) is 0. The van der Waals surface area contributed by atoms with Crippen LogP contribution in [0.5, 0.6) is 0 Å². The number of rotatable bonds is 1. The lowest BCUT2D eigenvalue weighted by Gasteiger charge is -2.05. The average Bonchev–Trinajstić information content (AvgIpc) is 2.99. The van der Waals surface area contributed by atoms with E-state index in [2.05, 4.69) is 48.5 Å². The molecule has 4 aromatic carbocycles. The first-order valence-corrected chi connectivity index (χ1v) is 7.99. The van der Waals surface area contributed by atoms with Crippen molar-refractivity contribution in [2.75, 3.05) is 0 Å². The highest BCUT2D eigenvalue weighted by molar-refractivity contribution is 6.33. The number of para-hydroxylation sites is 1. The quantitative estimate of drug-likeness (QED) is 0.388. The Labute approximate surface area is 140 Å². The average molecular weight is 304 g/mol. The molecule has 0 saturated carbocycles. The second-order valence-electron chi connectivity index (χ2n) is 6.13. The molecular weight excluding hydrogens is 291 g/mol. The van der Waals surface area contributed by atoms with Gasteiger partial charge in [0.2, 0.25) is 0 Å². The first-order valence-electron chi connectivity index (χ1n) is 7.99. The predicted molar refractivity (Wildman–Crippen MR) is 102 cm³/mol. The molecule has 5 aromatic rings. The second-order valence-corrected chi connectivity index (χ2v) is 6.13. The monoisotopic (exact) mass is 304 g/mol. The highest BCUT2D eigenvalue weighted by Gasteiger charge is 2.08. The van der Waals surface area contributed by atoms with Crippen molar-refractivity contribution in [3.8, 4) is 11.1 Å². The van der Waals surface area contributed by atoms with Crippen LogP contribution >= 0.6 is 0 Å². The fraction of sp³-hybridized carbons (Fsp3) is 0. The van der Waals surface area contributed by atoms with E-state index in [1.54, 1.807) is 0 Å². The Kier molecular flexibility index (Phi) is 2.80. The van der Waals surface area contributed by atoms with Gasteiger partial charge in [0.25, 0.3) is 0 Å². The van der Waals surface area contributed by atoms with Gasteiger partial charge in [0.1, 0.15) is 19.0 Å². The maximum Gasteiger partial charge on any atom is 0.135 e. The number of fused-ring (bicyclic) bond motifs is 4. The van der Waals surface area contributed by atoms with Crippen LogP contribution in [0.4, 0.5) is 0 Å². The first-order chi connectivity index (χ1) is 11.8. The Bertz CT molecular complexity index is 1220. The summed E-state index contributed by atoms with van der Waals surface area (Å²) in [6, 6.07) is 27.0. The highest BCUT2D eigenvalue weighted by Crippen LogP contribution is 2.33. The Hall–Kier alpha value is -3.00. The first kappa shape index (κ1) is 13.4. The van der Waals surface area contributed by atoms with Crippen molar-refractivity contribution in [1.82, 2.24) is 0 Å². The lowest BCUT2D eigenvalue weighted by molar-refractivity contribution is 0.669. The molecule has 0 fully saturated rings. The van der Waals surface area contributed by atoms with Crippen LogP contribution in [-0.2, 0) is 0 Å². The molecular formula is C22H13BO. The zero-order valence-corrected chi connectivity index (χ0v) is 13.0. The van der Waals surface area contributed by atoms with E-state index in [-0.39, 0.29) is 0 Å². The molecule has 0 saturated heterocycles. The van der Waals surface area contributed by atoms with E-state index in [1.165, 1.54) is 16.5 Å².